The molecule has 2 aromatic rings. The lowest BCUT2D eigenvalue weighted by Gasteiger charge is -2.14. The van der Waals surface area contributed by atoms with Crippen molar-refractivity contribution < 1.29 is 10.2 Å². The molecule has 7 nitrogen and oxygen atoms in total. The molecule has 124 valence electrons. The number of aliphatic hydroxyl groups is 1. The van der Waals surface area contributed by atoms with Crippen LogP contribution in [0.3, 0.4) is 0 Å². The van der Waals surface area contributed by atoms with Crippen molar-refractivity contribution in [3.05, 3.63) is 50.2 Å². The van der Waals surface area contributed by atoms with Gasteiger partial charge in [-0.15, -0.1) is 10.2 Å². The second kappa shape index (κ2) is 7.38. The molecule has 1 atom stereocenters. The Kier molecular flexibility index (Phi) is 5.49. The summed E-state index contributed by atoms with van der Waals surface area (Å²) >= 11 is 3.33. The van der Waals surface area contributed by atoms with E-state index >= 15 is 0 Å². The second-order valence-electron chi connectivity index (χ2n) is 5.20. The Bertz CT molecular complexity index is 897. The van der Waals surface area contributed by atoms with Gasteiger partial charge in [0.25, 0.3) is 5.56 Å². The number of halogens is 1. The van der Waals surface area contributed by atoms with E-state index in [1.165, 1.54) is 13.8 Å². The number of benzene rings is 1. The van der Waals surface area contributed by atoms with E-state index in [1.807, 2.05) is 12.1 Å². The van der Waals surface area contributed by atoms with Gasteiger partial charge in [0.15, 0.2) is 5.69 Å². The Morgan fingerprint density at radius 2 is 2.04 bits per heavy atom. The fraction of sp³-hybridized carbons (Fsp3) is 0.250. The third kappa shape index (κ3) is 3.53. The summed E-state index contributed by atoms with van der Waals surface area (Å²) in [6.07, 6.45) is -0.879. The molecule has 2 rings (SSSR count). The number of aliphatic hydroxyl groups excluding tert-OH is 1. The Morgan fingerprint density at radius 3 is 2.62 bits per heavy atom. The second-order valence-corrected chi connectivity index (χ2v) is 6.05. The van der Waals surface area contributed by atoms with E-state index in [-0.39, 0.29) is 23.4 Å². The van der Waals surface area contributed by atoms with Gasteiger partial charge in [-0.1, -0.05) is 12.1 Å². The lowest BCUT2D eigenvalue weighted by atomic mass is 10.1. The topological polar surface area (TPSA) is 111 Å². The zero-order valence-corrected chi connectivity index (χ0v) is 14.6. The standard InChI is InChI=1S/C16H15BrN4O3/c1-9(22)8-21-15(23)11(7-18)10(2)14(16(21)24)20-19-13-6-4-3-5-12(13)17/h3-6,9,22-23H,8H2,1-2H3. The molecule has 0 aliphatic carbocycles. The van der Waals surface area contributed by atoms with E-state index in [2.05, 4.69) is 26.2 Å². The van der Waals surface area contributed by atoms with Crippen LogP contribution in [-0.2, 0) is 6.54 Å². The molecule has 0 aliphatic rings. The first-order valence-corrected chi connectivity index (χ1v) is 7.87. The summed E-state index contributed by atoms with van der Waals surface area (Å²) in [4.78, 5) is 12.5. The molecule has 1 aromatic carbocycles. The van der Waals surface area contributed by atoms with Crippen LogP contribution >= 0.6 is 15.9 Å². The van der Waals surface area contributed by atoms with Gasteiger partial charge in [0.1, 0.15) is 11.6 Å². The van der Waals surface area contributed by atoms with Crippen LogP contribution in [-0.4, -0.2) is 20.9 Å². The predicted molar refractivity (Wildman–Crippen MR) is 91.8 cm³/mol. The van der Waals surface area contributed by atoms with E-state index in [1.54, 1.807) is 18.2 Å². The lowest BCUT2D eigenvalue weighted by molar-refractivity contribution is 0.167. The Morgan fingerprint density at radius 1 is 1.38 bits per heavy atom. The zero-order chi connectivity index (χ0) is 17.9. The quantitative estimate of drug-likeness (QED) is 0.779. The normalized spacial score (nSPS) is 12.3. The maximum atomic E-state index is 12.5. The van der Waals surface area contributed by atoms with Crippen LogP contribution < -0.4 is 5.56 Å². The van der Waals surface area contributed by atoms with Crippen LogP contribution in [0.2, 0.25) is 0 Å². The monoisotopic (exact) mass is 390 g/mol. The third-order valence-corrected chi connectivity index (χ3v) is 4.00. The van der Waals surface area contributed by atoms with Crippen molar-refractivity contribution in [1.82, 2.24) is 4.57 Å². The first-order chi connectivity index (χ1) is 11.4. The molecule has 24 heavy (non-hydrogen) atoms. The lowest BCUT2D eigenvalue weighted by Crippen LogP contribution is -2.26. The highest BCUT2D eigenvalue weighted by Crippen LogP contribution is 2.29. The Balaban J connectivity index is 2.64. The highest BCUT2D eigenvalue weighted by atomic mass is 79.9. The first-order valence-electron chi connectivity index (χ1n) is 7.07. The van der Waals surface area contributed by atoms with Crippen molar-refractivity contribution in [2.75, 3.05) is 0 Å². The van der Waals surface area contributed by atoms with E-state index in [4.69, 9.17) is 0 Å². The Labute approximate surface area is 146 Å². The minimum absolute atomic E-state index is 0.0549. The molecule has 0 bridgehead atoms. The summed E-state index contributed by atoms with van der Waals surface area (Å²) in [5, 5.41) is 36.9. The first kappa shape index (κ1) is 17.8. The largest absolute Gasteiger partial charge is 0.493 e. The minimum Gasteiger partial charge on any atom is -0.493 e. The van der Waals surface area contributed by atoms with Crippen molar-refractivity contribution >= 4 is 27.3 Å². The molecule has 0 fully saturated rings. The molecule has 1 unspecified atom stereocenters. The maximum Gasteiger partial charge on any atom is 0.281 e. The average molecular weight is 391 g/mol. The van der Waals surface area contributed by atoms with E-state index in [9.17, 15) is 20.3 Å². The summed E-state index contributed by atoms with van der Waals surface area (Å²) in [6, 6.07) is 8.94. The number of rotatable bonds is 4. The summed E-state index contributed by atoms with van der Waals surface area (Å²) in [7, 11) is 0. The van der Waals surface area contributed by atoms with Crippen LogP contribution in [0.1, 0.15) is 18.1 Å². The van der Waals surface area contributed by atoms with Crippen LogP contribution in [0.25, 0.3) is 0 Å². The number of nitriles is 1. The van der Waals surface area contributed by atoms with Crippen LogP contribution in [0.5, 0.6) is 5.88 Å². The van der Waals surface area contributed by atoms with Crippen molar-refractivity contribution in [3.8, 4) is 11.9 Å². The molecule has 0 aliphatic heterocycles. The molecule has 8 heteroatoms. The van der Waals surface area contributed by atoms with Crippen LogP contribution in [0, 0.1) is 18.3 Å². The molecule has 0 amide bonds. The maximum absolute atomic E-state index is 12.5. The molecule has 0 saturated carbocycles. The highest BCUT2D eigenvalue weighted by molar-refractivity contribution is 9.10. The molecule has 0 saturated heterocycles. The van der Waals surface area contributed by atoms with Gasteiger partial charge in [-0.25, -0.2) is 0 Å². The molecule has 1 heterocycles. The summed E-state index contributed by atoms with van der Waals surface area (Å²) in [5.74, 6) is -0.485. The predicted octanol–water partition coefficient (Wildman–Crippen LogP) is 3.29. The van der Waals surface area contributed by atoms with Gasteiger partial charge >= 0.3 is 0 Å². The number of aromatic hydroxyl groups is 1. The van der Waals surface area contributed by atoms with E-state index in [0.29, 0.717) is 10.2 Å². The molecular formula is C16H15BrN4O3. The highest BCUT2D eigenvalue weighted by Gasteiger charge is 2.20. The SMILES string of the molecule is Cc1c(C#N)c(O)n(CC(C)O)c(=O)c1N=Nc1ccccc1Br. The summed E-state index contributed by atoms with van der Waals surface area (Å²) < 4.78 is 1.62. The van der Waals surface area contributed by atoms with Gasteiger partial charge < -0.3 is 10.2 Å². The van der Waals surface area contributed by atoms with Crippen molar-refractivity contribution in [3.63, 3.8) is 0 Å². The van der Waals surface area contributed by atoms with Gasteiger partial charge in [0, 0.05) is 10.0 Å². The van der Waals surface area contributed by atoms with Crippen LogP contribution in [0.4, 0.5) is 11.4 Å². The Hall–Kier alpha value is -2.50. The number of aromatic nitrogens is 1. The van der Waals surface area contributed by atoms with Gasteiger partial charge in [-0.05, 0) is 41.9 Å². The fourth-order valence-corrected chi connectivity index (χ4v) is 2.49. The minimum atomic E-state index is -0.879. The van der Waals surface area contributed by atoms with E-state index < -0.39 is 17.5 Å². The molecule has 2 N–H and O–H groups in total. The number of nitrogens with zero attached hydrogens (tertiary/aromatic N) is 4. The number of pyridine rings is 1. The summed E-state index contributed by atoms with van der Waals surface area (Å²) in [5.41, 5.74) is 0.000360. The molecule has 0 radical (unpaired) electrons. The van der Waals surface area contributed by atoms with Gasteiger partial charge in [-0.3, -0.25) is 9.36 Å². The van der Waals surface area contributed by atoms with E-state index in [0.717, 1.165) is 4.57 Å². The number of hydrogen-bond donors (Lipinski definition) is 2. The zero-order valence-electron chi connectivity index (χ0n) is 13.1. The number of hydrogen-bond acceptors (Lipinski definition) is 6. The van der Waals surface area contributed by atoms with Gasteiger partial charge in [0.05, 0.1) is 18.3 Å². The summed E-state index contributed by atoms with van der Waals surface area (Å²) in [6.45, 7) is 2.83. The molecular weight excluding hydrogens is 376 g/mol. The van der Waals surface area contributed by atoms with Crippen LogP contribution in [0.15, 0.2) is 43.8 Å². The fourth-order valence-electron chi connectivity index (χ4n) is 2.13. The van der Waals surface area contributed by atoms with Crippen molar-refractivity contribution in [1.29, 1.82) is 5.26 Å². The smallest absolute Gasteiger partial charge is 0.281 e. The van der Waals surface area contributed by atoms with Gasteiger partial charge in [-0.2, -0.15) is 5.26 Å². The van der Waals surface area contributed by atoms with Gasteiger partial charge in [0.2, 0.25) is 5.88 Å². The van der Waals surface area contributed by atoms with Crippen molar-refractivity contribution in [2.24, 2.45) is 10.2 Å². The average Bonchev–Trinajstić information content (AvgIpc) is 2.53. The van der Waals surface area contributed by atoms with Crippen molar-refractivity contribution in [2.45, 2.75) is 26.5 Å². The third-order valence-electron chi connectivity index (χ3n) is 3.33. The molecule has 1 aromatic heterocycles. The number of azo groups is 1. The molecule has 0 spiro atoms.